The van der Waals surface area contributed by atoms with Gasteiger partial charge in [0.05, 0.1) is 32.3 Å². The van der Waals surface area contributed by atoms with Crippen LogP contribution in [0.2, 0.25) is 0 Å². The highest BCUT2D eigenvalue weighted by Gasteiger charge is 2.21. The number of hydrogen-bond acceptors (Lipinski definition) is 7. The summed E-state index contributed by atoms with van der Waals surface area (Å²) in [6, 6.07) is 8.03. The van der Waals surface area contributed by atoms with Crippen LogP contribution in [0.1, 0.15) is 17.3 Å². The summed E-state index contributed by atoms with van der Waals surface area (Å²) in [5.74, 6) is -0.621. The zero-order valence-corrected chi connectivity index (χ0v) is 16.4. The highest BCUT2D eigenvalue weighted by atomic mass is 32.2. The Balaban J connectivity index is 1.78. The van der Waals surface area contributed by atoms with Crippen LogP contribution in [0.5, 0.6) is 11.5 Å². The first-order valence-corrected chi connectivity index (χ1v) is 10.0. The van der Waals surface area contributed by atoms with E-state index >= 15 is 0 Å². The molecular weight excluding hydrogens is 402 g/mol. The van der Waals surface area contributed by atoms with Crippen molar-refractivity contribution in [2.75, 3.05) is 17.7 Å². The number of nitrogens with two attached hydrogens (primary N) is 1. The number of thioether (sulfide) groups is 1. The van der Waals surface area contributed by atoms with Gasteiger partial charge < -0.3 is 25.9 Å². The van der Waals surface area contributed by atoms with Crippen LogP contribution in [0.25, 0.3) is 10.2 Å². The van der Waals surface area contributed by atoms with E-state index in [0.29, 0.717) is 27.0 Å². The van der Waals surface area contributed by atoms with Crippen molar-refractivity contribution in [2.24, 2.45) is 5.73 Å². The van der Waals surface area contributed by atoms with Crippen molar-refractivity contribution in [3.8, 4) is 11.5 Å². The van der Waals surface area contributed by atoms with Gasteiger partial charge in [0.15, 0.2) is 0 Å². The minimum atomic E-state index is -0.750. The minimum Gasteiger partial charge on any atom is -0.506 e. The summed E-state index contributed by atoms with van der Waals surface area (Å²) in [7, 11) is 0. The molecule has 0 saturated carbocycles. The number of fused-ring (bicyclic) bond motifs is 1. The van der Waals surface area contributed by atoms with E-state index in [2.05, 4.69) is 10.3 Å². The van der Waals surface area contributed by atoms with Gasteiger partial charge in [-0.25, -0.2) is 0 Å². The Morgan fingerprint density at radius 2 is 2.14 bits per heavy atom. The van der Waals surface area contributed by atoms with Crippen LogP contribution >= 0.6 is 23.1 Å². The van der Waals surface area contributed by atoms with Gasteiger partial charge in [0.1, 0.15) is 11.5 Å². The van der Waals surface area contributed by atoms with Gasteiger partial charge in [0.2, 0.25) is 5.91 Å². The van der Waals surface area contributed by atoms with Gasteiger partial charge in [0, 0.05) is 17.8 Å². The van der Waals surface area contributed by atoms with Crippen molar-refractivity contribution in [1.82, 2.24) is 4.98 Å². The maximum atomic E-state index is 12.3. The fraction of sp³-hybridized carbons (Fsp3) is 0.167. The van der Waals surface area contributed by atoms with E-state index in [4.69, 9.17) is 10.5 Å². The molecule has 0 saturated heterocycles. The quantitative estimate of drug-likeness (QED) is 0.435. The number of ether oxygens (including phenoxy) is 1. The predicted molar refractivity (Wildman–Crippen MR) is 110 cm³/mol. The molecule has 3 rings (SSSR count). The number of rotatable bonds is 7. The molecule has 8 nitrogen and oxygen atoms in total. The monoisotopic (exact) mass is 419 g/mol. The lowest BCUT2D eigenvalue weighted by molar-refractivity contribution is -0.113. The standard InChI is InChI=1S/C18H17N3O5S2/c1-2-26-10-5-3-4-9(6-10)20-13(24)8-27-18-14(17(19)25)15-16(28-18)11(22)7-12(23)21-15/h3-7H,2,8H2,1H3,(H2,19,25)(H,20,24)(H2,21,22,23). The Hall–Kier alpha value is -2.98. The molecular formula is C18H17N3O5S2. The summed E-state index contributed by atoms with van der Waals surface area (Å²) in [4.78, 5) is 38.2. The van der Waals surface area contributed by atoms with Crippen molar-refractivity contribution < 1.29 is 19.4 Å². The maximum absolute atomic E-state index is 12.3. The summed E-state index contributed by atoms with van der Waals surface area (Å²) in [5, 5.41) is 12.7. The van der Waals surface area contributed by atoms with Crippen LogP contribution in [0.4, 0.5) is 5.69 Å². The van der Waals surface area contributed by atoms with Crippen LogP contribution in [0.15, 0.2) is 39.3 Å². The number of H-pyrrole nitrogens is 1. The highest BCUT2D eigenvalue weighted by Crippen LogP contribution is 2.40. The first-order valence-electron chi connectivity index (χ1n) is 8.23. The number of carbonyl (C=O) groups excluding carboxylic acids is 2. The van der Waals surface area contributed by atoms with Crippen molar-refractivity contribution >= 4 is 50.8 Å². The number of hydrogen-bond donors (Lipinski definition) is 4. The van der Waals surface area contributed by atoms with E-state index in [1.165, 1.54) is 0 Å². The predicted octanol–water partition coefficient (Wildman–Crippen LogP) is 2.52. The first kappa shape index (κ1) is 19.8. The second kappa shape index (κ2) is 8.36. The molecule has 0 radical (unpaired) electrons. The van der Waals surface area contributed by atoms with Crippen molar-refractivity contribution in [2.45, 2.75) is 11.1 Å². The lowest BCUT2D eigenvalue weighted by Crippen LogP contribution is -2.15. The zero-order valence-electron chi connectivity index (χ0n) is 14.8. The molecule has 28 heavy (non-hydrogen) atoms. The van der Waals surface area contributed by atoms with Gasteiger partial charge in [0.25, 0.3) is 11.5 Å². The van der Waals surface area contributed by atoms with Gasteiger partial charge in [-0.1, -0.05) is 6.07 Å². The summed E-state index contributed by atoms with van der Waals surface area (Å²) >= 11 is 2.19. The Morgan fingerprint density at radius 3 is 2.86 bits per heavy atom. The van der Waals surface area contributed by atoms with Gasteiger partial charge in [-0.15, -0.1) is 23.1 Å². The molecule has 5 N–H and O–H groups in total. The van der Waals surface area contributed by atoms with Crippen LogP contribution < -0.4 is 21.3 Å². The SMILES string of the molecule is CCOc1cccc(NC(=O)CSc2sc3c(O)cc(=O)[nH]c3c2C(N)=O)c1. The summed E-state index contributed by atoms with van der Waals surface area (Å²) in [5.41, 5.74) is 5.74. The first-order chi connectivity index (χ1) is 13.4. The van der Waals surface area contributed by atoms with Gasteiger partial charge >= 0.3 is 0 Å². The van der Waals surface area contributed by atoms with Gasteiger partial charge in [-0.3, -0.25) is 14.4 Å². The third kappa shape index (κ3) is 4.29. The second-order valence-corrected chi connectivity index (χ2v) is 7.91. The molecule has 0 unspecified atom stereocenters. The maximum Gasteiger partial charge on any atom is 0.252 e. The van der Waals surface area contributed by atoms with Crippen LogP contribution in [0.3, 0.4) is 0 Å². The third-order valence-electron chi connectivity index (χ3n) is 3.63. The fourth-order valence-corrected chi connectivity index (χ4v) is 4.80. The number of pyridine rings is 1. The zero-order chi connectivity index (χ0) is 20.3. The molecule has 2 amide bonds. The van der Waals surface area contributed by atoms with Crippen LogP contribution in [0, 0.1) is 0 Å². The number of carbonyl (C=O) groups is 2. The molecule has 2 aromatic heterocycles. The fourth-order valence-electron chi connectivity index (χ4n) is 2.54. The average molecular weight is 419 g/mol. The molecule has 0 bridgehead atoms. The molecule has 0 aliphatic carbocycles. The number of aromatic nitrogens is 1. The van der Waals surface area contributed by atoms with Gasteiger partial charge in [-0.2, -0.15) is 0 Å². The van der Waals surface area contributed by atoms with Crippen molar-refractivity contribution in [1.29, 1.82) is 0 Å². The van der Waals surface area contributed by atoms with Crippen LogP contribution in [-0.4, -0.2) is 34.3 Å². The molecule has 0 aliphatic rings. The second-order valence-electron chi connectivity index (χ2n) is 5.65. The van der Waals surface area contributed by atoms with E-state index in [1.54, 1.807) is 24.3 Å². The number of primary amides is 1. The Labute approximate surface area is 167 Å². The van der Waals surface area contributed by atoms with E-state index in [9.17, 15) is 19.5 Å². The molecule has 10 heteroatoms. The Kier molecular flexibility index (Phi) is 5.90. The van der Waals surface area contributed by atoms with E-state index in [1.807, 2.05) is 6.92 Å². The van der Waals surface area contributed by atoms with Crippen molar-refractivity contribution in [3.05, 3.63) is 46.2 Å². The molecule has 0 fully saturated rings. The Morgan fingerprint density at radius 1 is 1.36 bits per heavy atom. The summed E-state index contributed by atoms with van der Waals surface area (Å²) < 4.78 is 6.17. The number of amides is 2. The number of aromatic hydroxyl groups is 1. The average Bonchev–Trinajstić information content (AvgIpc) is 2.99. The highest BCUT2D eigenvalue weighted by molar-refractivity contribution is 8.02. The topological polar surface area (TPSA) is 135 Å². The van der Waals surface area contributed by atoms with Crippen molar-refractivity contribution in [3.63, 3.8) is 0 Å². The van der Waals surface area contributed by atoms with E-state index < -0.39 is 11.5 Å². The smallest absolute Gasteiger partial charge is 0.252 e. The van der Waals surface area contributed by atoms with E-state index in [-0.39, 0.29) is 28.5 Å². The van der Waals surface area contributed by atoms with E-state index in [0.717, 1.165) is 29.2 Å². The molecule has 0 atom stereocenters. The number of nitrogens with one attached hydrogen (secondary N) is 2. The normalized spacial score (nSPS) is 10.8. The number of thiophene rings is 1. The lowest BCUT2D eigenvalue weighted by Gasteiger charge is -2.08. The molecule has 1 aromatic carbocycles. The number of aromatic amines is 1. The molecule has 0 aliphatic heterocycles. The van der Waals surface area contributed by atoms with Crippen LogP contribution in [-0.2, 0) is 4.79 Å². The van der Waals surface area contributed by atoms with Gasteiger partial charge in [-0.05, 0) is 19.1 Å². The lowest BCUT2D eigenvalue weighted by atomic mass is 10.2. The molecule has 146 valence electrons. The molecule has 2 heterocycles. The summed E-state index contributed by atoms with van der Waals surface area (Å²) in [6.45, 7) is 2.39. The largest absolute Gasteiger partial charge is 0.506 e. The molecule has 3 aromatic rings. The summed E-state index contributed by atoms with van der Waals surface area (Å²) in [6.07, 6.45) is 0. The number of anilines is 1. The minimum absolute atomic E-state index is 0.0109. The third-order valence-corrected chi connectivity index (χ3v) is 6.12. The molecule has 0 spiro atoms. The Bertz CT molecular complexity index is 1110. The number of benzene rings is 1.